The van der Waals surface area contributed by atoms with Gasteiger partial charge >= 0.3 is 0 Å². The van der Waals surface area contributed by atoms with Crippen molar-refractivity contribution in [1.82, 2.24) is 4.90 Å². The zero-order chi connectivity index (χ0) is 16.4. The van der Waals surface area contributed by atoms with Crippen LogP contribution >= 0.6 is 0 Å². The number of benzene rings is 1. The van der Waals surface area contributed by atoms with Crippen LogP contribution in [-0.4, -0.2) is 43.9 Å². The molecular weight excluding hydrogens is 278 g/mol. The summed E-state index contributed by atoms with van der Waals surface area (Å²) in [5.41, 5.74) is 2.08. The van der Waals surface area contributed by atoms with Gasteiger partial charge in [-0.1, -0.05) is 32.9 Å². The number of carbonyl (C=O) groups excluding carboxylic acids is 1. The molecule has 0 radical (unpaired) electrons. The summed E-state index contributed by atoms with van der Waals surface area (Å²) in [5, 5.41) is 0. The monoisotopic (exact) mass is 305 g/mol. The molecule has 1 heterocycles. The lowest BCUT2D eigenvalue weighted by atomic mass is 9.86. The lowest BCUT2D eigenvalue weighted by Gasteiger charge is -2.39. The van der Waals surface area contributed by atoms with E-state index in [4.69, 9.17) is 9.47 Å². The van der Waals surface area contributed by atoms with Crippen molar-refractivity contribution in [3.63, 3.8) is 0 Å². The second-order valence-electron chi connectivity index (χ2n) is 6.94. The number of likely N-dealkylation sites (tertiary alicyclic amines) is 1. The van der Waals surface area contributed by atoms with Crippen molar-refractivity contribution in [2.75, 3.05) is 27.3 Å². The predicted octanol–water partition coefficient (Wildman–Crippen LogP) is 3.21. The first kappa shape index (κ1) is 17.0. The molecule has 0 atom stereocenters. The number of hydrogen-bond acceptors (Lipinski definition) is 3. The fourth-order valence-electron chi connectivity index (χ4n) is 2.84. The third-order valence-corrected chi connectivity index (χ3v) is 4.55. The minimum Gasteiger partial charge on any atom is -0.353 e. The van der Waals surface area contributed by atoms with E-state index in [0.29, 0.717) is 25.9 Å². The first-order valence-corrected chi connectivity index (χ1v) is 7.81. The van der Waals surface area contributed by atoms with Gasteiger partial charge in [0.2, 0.25) is 0 Å². The molecule has 0 aromatic heterocycles. The Morgan fingerprint density at radius 2 is 1.55 bits per heavy atom. The highest BCUT2D eigenvalue weighted by Gasteiger charge is 2.36. The van der Waals surface area contributed by atoms with Gasteiger partial charge in [0.15, 0.2) is 5.79 Å². The van der Waals surface area contributed by atoms with Crippen LogP contribution in [0.3, 0.4) is 0 Å². The maximum atomic E-state index is 12.6. The zero-order valence-corrected chi connectivity index (χ0v) is 14.3. The average molecular weight is 305 g/mol. The topological polar surface area (TPSA) is 38.8 Å². The molecule has 1 fully saturated rings. The molecule has 1 aliphatic rings. The van der Waals surface area contributed by atoms with Crippen LogP contribution in [0.2, 0.25) is 0 Å². The Labute approximate surface area is 133 Å². The first-order valence-electron chi connectivity index (χ1n) is 7.81. The first-order chi connectivity index (χ1) is 10.3. The molecule has 1 saturated heterocycles. The fraction of sp³-hybridized carbons (Fsp3) is 0.611. The number of carbonyl (C=O) groups is 1. The molecule has 0 aliphatic carbocycles. The molecule has 0 spiro atoms. The third-order valence-electron chi connectivity index (χ3n) is 4.55. The number of piperidine rings is 1. The predicted molar refractivity (Wildman–Crippen MR) is 87.0 cm³/mol. The smallest absolute Gasteiger partial charge is 0.253 e. The number of amides is 1. The van der Waals surface area contributed by atoms with Gasteiger partial charge in [0.1, 0.15) is 0 Å². The maximum Gasteiger partial charge on any atom is 0.253 e. The van der Waals surface area contributed by atoms with E-state index in [2.05, 4.69) is 20.8 Å². The second kappa shape index (κ2) is 6.39. The number of ether oxygens (including phenoxy) is 2. The van der Waals surface area contributed by atoms with Crippen LogP contribution in [0.4, 0.5) is 0 Å². The van der Waals surface area contributed by atoms with Crippen molar-refractivity contribution in [3.05, 3.63) is 35.4 Å². The molecule has 2 rings (SSSR count). The van der Waals surface area contributed by atoms with E-state index in [1.807, 2.05) is 29.2 Å². The Balaban J connectivity index is 2.04. The zero-order valence-electron chi connectivity index (χ0n) is 14.3. The van der Waals surface area contributed by atoms with Crippen LogP contribution < -0.4 is 0 Å². The van der Waals surface area contributed by atoms with E-state index in [9.17, 15) is 4.79 Å². The Kier molecular flexibility index (Phi) is 4.93. The minimum atomic E-state index is -0.535. The molecule has 1 aromatic rings. The molecule has 4 heteroatoms. The Bertz CT molecular complexity index is 502. The summed E-state index contributed by atoms with van der Waals surface area (Å²) in [5.74, 6) is -0.450. The maximum absolute atomic E-state index is 12.6. The Hall–Kier alpha value is -1.39. The van der Waals surface area contributed by atoms with Crippen molar-refractivity contribution in [2.45, 2.75) is 44.8 Å². The van der Waals surface area contributed by atoms with Crippen molar-refractivity contribution in [1.29, 1.82) is 0 Å². The van der Waals surface area contributed by atoms with Gasteiger partial charge < -0.3 is 14.4 Å². The summed E-state index contributed by atoms with van der Waals surface area (Å²) in [4.78, 5) is 14.5. The average Bonchev–Trinajstić information content (AvgIpc) is 2.53. The van der Waals surface area contributed by atoms with Crippen LogP contribution in [0.15, 0.2) is 24.3 Å². The van der Waals surface area contributed by atoms with Crippen molar-refractivity contribution >= 4 is 5.91 Å². The van der Waals surface area contributed by atoms with E-state index in [0.717, 1.165) is 5.56 Å². The normalized spacial score (nSPS) is 18.3. The Morgan fingerprint density at radius 3 is 1.95 bits per heavy atom. The van der Waals surface area contributed by atoms with Gasteiger partial charge in [-0.2, -0.15) is 0 Å². The second-order valence-corrected chi connectivity index (χ2v) is 6.94. The number of hydrogen-bond donors (Lipinski definition) is 0. The summed E-state index contributed by atoms with van der Waals surface area (Å²) in [6, 6.07) is 7.95. The molecule has 22 heavy (non-hydrogen) atoms. The highest BCUT2D eigenvalue weighted by molar-refractivity contribution is 5.94. The quantitative estimate of drug-likeness (QED) is 0.805. The van der Waals surface area contributed by atoms with Crippen molar-refractivity contribution < 1.29 is 14.3 Å². The van der Waals surface area contributed by atoms with Gasteiger partial charge in [-0.25, -0.2) is 0 Å². The summed E-state index contributed by atoms with van der Waals surface area (Å²) >= 11 is 0. The van der Waals surface area contributed by atoms with Crippen molar-refractivity contribution in [2.24, 2.45) is 0 Å². The molecule has 122 valence electrons. The largest absolute Gasteiger partial charge is 0.353 e. The van der Waals surface area contributed by atoms with Gasteiger partial charge in [0.05, 0.1) is 0 Å². The molecule has 1 aliphatic heterocycles. The van der Waals surface area contributed by atoms with Gasteiger partial charge in [0.25, 0.3) is 5.91 Å². The molecule has 0 bridgehead atoms. The number of nitrogens with zero attached hydrogens (tertiary/aromatic N) is 1. The number of methoxy groups -OCH3 is 2. The van der Waals surface area contributed by atoms with Gasteiger partial charge in [-0.05, 0) is 23.1 Å². The molecule has 0 saturated carbocycles. The summed E-state index contributed by atoms with van der Waals surface area (Å²) in [7, 11) is 3.32. The summed E-state index contributed by atoms with van der Waals surface area (Å²) in [6.07, 6.45) is 1.40. The molecule has 1 amide bonds. The standard InChI is InChI=1S/C18H27NO3/c1-17(2,3)15-8-6-14(7-9-15)16(20)19-12-10-18(21-4,22-5)11-13-19/h6-9H,10-13H2,1-5H3. The summed E-state index contributed by atoms with van der Waals surface area (Å²) < 4.78 is 10.9. The summed E-state index contributed by atoms with van der Waals surface area (Å²) in [6.45, 7) is 7.82. The van der Waals surface area contributed by atoms with Crippen LogP contribution in [0, 0.1) is 0 Å². The van der Waals surface area contributed by atoms with Gasteiger partial charge in [-0.3, -0.25) is 4.79 Å². The third kappa shape index (κ3) is 3.50. The SMILES string of the molecule is COC1(OC)CCN(C(=O)c2ccc(C(C)(C)C)cc2)CC1. The Morgan fingerprint density at radius 1 is 1.05 bits per heavy atom. The van der Waals surface area contributed by atoms with Gasteiger partial charge in [0, 0.05) is 45.7 Å². The highest BCUT2D eigenvalue weighted by Crippen LogP contribution is 2.28. The van der Waals surface area contributed by atoms with Crippen molar-refractivity contribution in [3.8, 4) is 0 Å². The van der Waals surface area contributed by atoms with Crippen LogP contribution in [0.1, 0.15) is 49.5 Å². The van der Waals surface area contributed by atoms with Crippen LogP contribution in [0.5, 0.6) is 0 Å². The number of rotatable bonds is 3. The lowest BCUT2D eigenvalue weighted by Crippen LogP contribution is -2.48. The van der Waals surface area contributed by atoms with Gasteiger partial charge in [-0.15, -0.1) is 0 Å². The lowest BCUT2D eigenvalue weighted by molar-refractivity contribution is -0.226. The highest BCUT2D eigenvalue weighted by atomic mass is 16.7. The van der Waals surface area contributed by atoms with E-state index in [-0.39, 0.29) is 11.3 Å². The van der Waals surface area contributed by atoms with E-state index in [1.54, 1.807) is 14.2 Å². The van der Waals surface area contributed by atoms with E-state index < -0.39 is 5.79 Å². The van der Waals surface area contributed by atoms with Crippen LogP contribution in [0.25, 0.3) is 0 Å². The molecule has 0 N–H and O–H groups in total. The fourth-order valence-corrected chi connectivity index (χ4v) is 2.84. The molecular formula is C18H27NO3. The minimum absolute atomic E-state index is 0.0845. The molecule has 1 aromatic carbocycles. The van der Waals surface area contributed by atoms with E-state index >= 15 is 0 Å². The van der Waals surface area contributed by atoms with E-state index in [1.165, 1.54) is 5.56 Å². The van der Waals surface area contributed by atoms with Crippen LogP contribution in [-0.2, 0) is 14.9 Å². The molecule has 4 nitrogen and oxygen atoms in total. The molecule has 0 unspecified atom stereocenters.